The average Bonchev–Trinajstić information content (AvgIpc) is 3.07. The van der Waals surface area contributed by atoms with E-state index >= 15 is 0 Å². The predicted molar refractivity (Wildman–Crippen MR) is 99.0 cm³/mol. The number of carbonyl (C=O) groups excluding carboxylic acids is 2. The Morgan fingerprint density at radius 2 is 2.12 bits per heavy atom. The molecule has 7 nitrogen and oxygen atoms in total. The first kappa shape index (κ1) is 18.6. The molecule has 0 atom stereocenters. The van der Waals surface area contributed by atoms with Crippen molar-refractivity contribution in [3.63, 3.8) is 0 Å². The lowest BCUT2D eigenvalue weighted by Gasteiger charge is -2.34. The molecule has 7 heteroatoms. The van der Waals surface area contributed by atoms with Crippen molar-refractivity contribution in [1.29, 1.82) is 0 Å². The van der Waals surface area contributed by atoms with E-state index in [0.29, 0.717) is 31.1 Å². The van der Waals surface area contributed by atoms with E-state index in [2.05, 4.69) is 10.3 Å². The van der Waals surface area contributed by atoms with Crippen molar-refractivity contribution in [2.45, 2.75) is 25.7 Å². The summed E-state index contributed by atoms with van der Waals surface area (Å²) in [7, 11) is 1.66. The molecule has 2 aliphatic heterocycles. The van der Waals surface area contributed by atoms with Gasteiger partial charge in [-0.25, -0.2) is 4.98 Å². The van der Waals surface area contributed by atoms with Gasteiger partial charge in [-0.3, -0.25) is 9.59 Å². The number of carbonyl (C=O) groups is 2. The van der Waals surface area contributed by atoms with Crippen LogP contribution in [0.25, 0.3) is 0 Å². The Kier molecular flexibility index (Phi) is 6.44. The highest BCUT2D eigenvalue weighted by Crippen LogP contribution is 2.22. The number of aromatic nitrogens is 1. The second kappa shape index (κ2) is 8.98. The van der Waals surface area contributed by atoms with Gasteiger partial charge in [-0.05, 0) is 37.3 Å². The number of ether oxygens (including phenoxy) is 1. The molecular formula is C19H28N4O3. The number of amides is 2. The number of nitrogens with one attached hydrogen (secondary N) is 1. The maximum atomic E-state index is 12.7. The zero-order valence-corrected chi connectivity index (χ0v) is 15.4. The summed E-state index contributed by atoms with van der Waals surface area (Å²) in [6, 6.07) is 3.65. The van der Waals surface area contributed by atoms with E-state index in [4.69, 9.17) is 4.74 Å². The Bertz CT molecular complexity index is 612. The van der Waals surface area contributed by atoms with Gasteiger partial charge in [0, 0.05) is 52.5 Å². The first-order chi connectivity index (χ1) is 12.7. The molecule has 0 saturated carbocycles. The Hall–Kier alpha value is -2.15. The molecule has 2 saturated heterocycles. The van der Waals surface area contributed by atoms with E-state index in [0.717, 1.165) is 51.3 Å². The summed E-state index contributed by atoms with van der Waals surface area (Å²) in [5.74, 6) is 1.57. The van der Waals surface area contributed by atoms with Crippen molar-refractivity contribution in [1.82, 2.24) is 14.8 Å². The predicted octanol–water partition coefficient (Wildman–Crippen LogP) is 1.61. The molecule has 142 valence electrons. The molecule has 0 spiro atoms. The minimum Gasteiger partial charge on any atom is -0.383 e. The number of hydrogen-bond acceptors (Lipinski definition) is 5. The molecular weight excluding hydrogens is 332 g/mol. The van der Waals surface area contributed by atoms with Gasteiger partial charge < -0.3 is 19.9 Å². The van der Waals surface area contributed by atoms with Crippen LogP contribution >= 0.6 is 0 Å². The fourth-order valence-electron chi connectivity index (χ4n) is 3.62. The highest BCUT2D eigenvalue weighted by molar-refractivity contribution is 5.94. The molecule has 1 aromatic heterocycles. The van der Waals surface area contributed by atoms with Crippen LogP contribution in [0.1, 0.15) is 36.0 Å². The first-order valence-electron chi connectivity index (χ1n) is 9.43. The molecule has 3 heterocycles. The second-order valence-electron chi connectivity index (χ2n) is 7.03. The smallest absolute Gasteiger partial charge is 0.255 e. The van der Waals surface area contributed by atoms with Gasteiger partial charge in [0.05, 0.1) is 12.2 Å². The number of pyridine rings is 1. The molecule has 2 aliphatic rings. The lowest BCUT2D eigenvalue weighted by atomic mass is 9.96. The standard InChI is InChI=1S/C19H28N4O3/c1-26-12-8-20-17-5-4-16(13-21-17)19(25)22-10-6-15(7-11-22)14-23-9-2-3-18(23)24/h4-5,13,15H,2-3,6-12,14H2,1H3,(H,20,21). The van der Waals surface area contributed by atoms with Gasteiger partial charge in [0.25, 0.3) is 5.91 Å². The van der Waals surface area contributed by atoms with Crippen molar-refractivity contribution in [2.24, 2.45) is 5.92 Å². The number of rotatable bonds is 7. The second-order valence-corrected chi connectivity index (χ2v) is 7.03. The minimum absolute atomic E-state index is 0.0386. The molecule has 0 radical (unpaired) electrons. The zero-order valence-electron chi connectivity index (χ0n) is 15.4. The third kappa shape index (κ3) is 4.72. The monoisotopic (exact) mass is 360 g/mol. The molecule has 3 rings (SSSR count). The number of hydrogen-bond donors (Lipinski definition) is 1. The number of anilines is 1. The third-order valence-electron chi connectivity index (χ3n) is 5.17. The number of methoxy groups -OCH3 is 1. The van der Waals surface area contributed by atoms with Crippen LogP contribution in [0.4, 0.5) is 5.82 Å². The Labute approximate surface area is 154 Å². The quantitative estimate of drug-likeness (QED) is 0.748. The topological polar surface area (TPSA) is 74.8 Å². The molecule has 0 bridgehead atoms. The van der Waals surface area contributed by atoms with Crippen LogP contribution in [-0.2, 0) is 9.53 Å². The summed E-state index contributed by atoms with van der Waals surface area (Å²) in [5.41, 5.74) is 0.621. The minimum atomic E-state index is 0.0386. The van der Waals surface area contributed by atoms with Gasteiger partial charge in [-0.1, -0.05) is 0 Å². The molecule has 0 unspecified atom stereocenters. The maximum Gasteiger partial charge on any atom is 0.255 e. The third-order valence-corrected chi connectivity index (χ3v) is 5.17. The lowest BCUT2D eigenvalue weighted by molar-refractivity contribution is -0.128. The van der Waals surface area contributed by atoms with E-state index in [1.54, 1.807) is 13.3 Å². The van der Waals surface area contributed by atoms with E-state index in [1.165, 1.54) is 0 Å². The van der Waals surface area contributed by atoms with E-state index in [1.807, 2.05) is 21.9 Å². The highest BCUT2D eigenvalue weighted by Gasteiger charge is 2.28. The SMILES string of the molecule is COCCNc1ccc(C(=O)N2CCC(CN3CCCC3=O)CC2)cn1. The van der Waals surface area contributed by atoms with Gasteiger partial charge in [0.15, 0.2) is 0 Å². The van der Waals surface area contributed by atoms with Crippen LogP contribution in [0, 0.1) is 5.92 Å². The summed E-state index contributed by atoms with van der Waals surface area (Å²) in [4.78, 5) is 32.6. The fraction of sp³-hybridized carbons (Fsp3) is 0.632. The highest BCUT2D eigenvalue weighted by atomic mass is 16.5. The number of likely N-dealkylation sites (tertiary alicyclic amines) is 2. The summed E-state index contributed by atoms with van der Waals surface area (Å²) < 4.78 is 4.99. The van der Waals surface area contributed by atoms with Crippen molar-refractivity contribution in [2.75, 3.05) is 51.8 Å². The van der Waals surface area contributed by atoms with E-state index in [9.17, 15) is 9.59 Å². The zero-order chi connectivity index (χ0) is 18.4. The molecule has 0 aromatic carbocycles. The van der Waals surface area contributed by atoms with Crippen molar-refractivity contribution < 1.29 is 14.3 Å². The summed E-state index contributed by atoms with van der Waals surface area (Å²) in [5, 5.41) is 3.14. The maximum absolute atomic E-state index is 12.7. The van der Waals surface area contributed by atoms with Gasteiger partial charge in [0.1, 0.15) is 5.82 Å². The summed E-state index contributed by atoms with van der Waals surface area (Å²) in [6.07, 6.45) is 5.23. The van der Waals surface area contributed by atoms with Crippen LogP contribution in [0.2, 0.25) is 0 Å². The van der Waals surface area contributed by atoms with E-state index in [-0.39, 0.29) is 11.8 Å². The van der Waals surface area contributed by atoms with Crippen LogP contribution < -0.4 is 5.32 Å². The van der Waals surface area contributed by atoms with E-state index < -0.39 is 0 Å². The molecule has 2 fully saturated rings. The Morgan fingerprint density at radius 1 is 1.31 bits per heavy atom. The fourth-order valence-corrected chi connectivity index (χ4v) is 3.62. The largest absolute Gasteiger partial charge is 0.383 e. The molecule has 0 aliphatic carbocycles. The Morgan fingerprint density at radius 3 is 2.73 bits per heavy atom. The Balaban J connectivity index is 1.46. The summed E-state index contributed by atoms with van der Waals surface area (Å²) >= 11 is 0. The molecule has 1 N–H and O–H groups in total. The van der Waals surface area contributed by atoms with Crippen molar-refractivity contribution in [3.8, 4) is 0 Å². The molecule has 2 amide bonds. The van der Waals surface area contributed by atoms with Crippen LogP contribution in [0.3, 0.4) is 0 Å². The molecule has 26 heavy (non-hydrogen) atoms. The van der Waals surface area contributed by atoms with Gasteiger partial charge >= 0.3 is 0 Å². The van der Waals surface area contributed by atoms with Gasteiger partial charge in [-0.2, -0.15) is 0 Å². The van der Waals surface area contributed by atoms with Gasteiger partial charge in [-0.15, -0.1) is 0 Å². The van der Waals surface area contributed by atoms with Crippen LogP contribution in [0.15, 0.2) is 18.3 Å². The molecule has 1 aromatic rings. The van der Waals surface area contributed by atoms with Crippen LogP contribution in [0.5, 0.6) is 0 Å². The summed E-state index contributed by atoms with van der Waals surface area (Å²) in [6.45, 7) is 4.54. The van der Waals surface area contributed by atoms with Gasteiger partial charge in [0.2, 0.25) is 5.91 Å². The average molecular weight is 360 g/mol. The first-order valence-corrected chi connectivity index (χ1v) is 9.43. The van der Waals surface area contributed by atoms with Crippen molar-refractivity contribution in [3.05, 3.63) is 23.9 Å². The normalized spacial score (nSPS) is 18.4. The number of nitrogens with zero attached hydrogens (tertiary/aromatic N) is 3. The lowest BCUT2D eigenvalue weighted by Crippen LogP contribution is -2.41. The van der Waals surface area contributed by atoms with Crippen LogP contribution in [-0.4, -0.2) is 73.0 Å². The number of piperidine rings is 1. The van der Waals surface area contributed by atoms with Crippen molar-refractivity contribution >= 4 is 17.6 Å².